The van der Waals surface area contributed by atoms with Crippen LogP contribution in [-0.4, -0.2) is 37.0 Å². The van der Waals surface area contributed by atoms with E-state index in [1.54, 1.807) is 4.90 Å². The van der Waals surface area contributed by atoms with Crippen molar-refractivity contribution in [3.8, 4) is 0 Å². The maximum absolute atomic E-state index is 12.9. The summed E-state index contributed by atoms with van der Waals surface area (Å²) in [6.07, 6.45) is 3.06. The van der Waals surface area contributed by atoms with E-state index in [4.69, 9.17) is 4.43 Å². The number of rotatable bonds is 6. The van der Waals surface area contributed by atoms with E-state index in [1.807, 2.05) is 24.3 Å². The number of hydrogen-bond acceptors (Lipinski definition) is 4. The molecule has 1 aromatic rings. The summed E-state index contributed by atoms with van der Waals surface area (Å²) < 4.78 is 6.65. The van der Waals surface area contributed by atoms with Crippen LogP contribution in [0, 0.1) is 0 Å². The van der Waals surface area contributed by atoms with E-state index in [0.717, 1.165) is 11.1 Å². The van der Waals surface area contributed by atoms with E-state index in [0.29, 0.717) is 24.9 Å². The third-order valence-corrected chi connectivity index (χ3v) is 11.0. The molecular formula is C23H32N2O4Si. The molecule has 0 aliphatic carbocycles. The number of nitrogens with one attached hydrogen (secondary N) is 1. The summed E-state index contributed by atoms with van der Waals surface area (Å²) in [4.78, 5) is 38.2. The highest BCUT2D eigenvalue weighted by atomic mass is 28.4. The van der Waals surface area contributed by atoms with Crippen LogP contribution in [0.1, 0.15) is 67.6 Å². The summed E-state index contributed by atoms with van der Waals surface area (Å²) in [7, 11) is -1.99. The number of amides is 3. The van der Waals surface area contributed by atoms with E-state index in [1.165, 1.54) is 0 Å². The molecule has 2 atom stereocenters. The van der Waals surface area contributed by atoms with Crippen LogP contribution in [0.15, 0.2) is 30.9 Å². The Balaban J connectivity index is 1.84. The SMILES string of the molecule is C=CCC(O[Si](C)(C)C(C)(C)C)c1ccc2c(c1)CN([C@H]1CCC(=O)NC1=O)C2=O. The molecule has 6 nitrogen and oxygen atoms in total. The van der Waals surface area contributed by atoms with Gasteiger partial charge in [0.1, 0.15) is 6.04 Å². The monoisotopic (exact) mass is 428 g/mol. The van der Waals surface area contributed by atoms with E-state index in [-0.39, 0.29) is 29.4 Å². The second kappa shape index (κ2) is 8.11. The second-order valence-electron chi connectivity index (χ2n) is 9.71. The number of hydrogen-bond donors (Lipinski definition) is 1. The summed E-state index contributed by atoms with van der Waals surface area (Å²) in [6.45, 7) is 15.4. The number of imide groups is 1. The van der Waals surface area contributed by atoms with Gasteiger partial charge in [0.05, 0.1) is 6.10 Å². The van der Waals surface area contributed by atoms with Gasteiger partial charge in [0, 0.05) is 18.5 Å². The Bertz CT molecular complexity index is 888. The molecule has 1 N–H and O–H groups in total. The van der Waals surface area contributed by atoms with Crippen LogP contribution < -0.4 is 5.32 Å². The predicted molar refractivity (Wildman–Crippen MR) is 118 cm³/mol. The standard InChI is InChI=1S/C23H32N2O4Si/c1-7-8-19(29-30(5,6)23(2,3)4)15-9-10-17-16(13-15)14-25(22(17)28)18-11-12-20(26)24-21(18)27/h7,9-10,13,18-19H,1,8,11-12,14H2,2-6H3,(H,24,26,27)/t18-,19?/m0/s1. The minimum Gasteiger partial charge on any atom is -0.410 e. The number of benzene rings is 1. The molecule has 1 aromatic carbocycles. The molecule has 3 rings (SSSR count). The van der Waals surface area contributed by atoms with Gasteiger partial charge in [0.15, 0.2) is 8.32 Å². The number of nitrogens with zero attached hydrogens (tertiary/aromatic N) is 1. The summed E-state index contributed by atoms with van der Waals surface area (Å²) in [5.74, 6) is -0.826. The smallest absolute Gasteiger partial charge is 0.255 e. The number of fused-ring (bicyclic) bond motifs is 1. The Morgan fingerprint density at radius 1 is 1.30 bits per heavy atom. The van der Waals surface area contributed by atoms with Gasteiger partial charge in [-0.25, -0.2) is 0 Å². The zero-order chi connectivity index (χ0) is 22.3. The minimum absolute atomic E-state index is 0.0850. The van der Waals surface area contributed by atoms with Gasteiger partial charge < -0.3 is 9.33 Å². The predicted octanol–water partition coefficient (Wildman–Crippen LogP) is 4.09. The van der Waals surface area contributed by atoms with Crippen molar-refractivity contribution >= 4 is 26.0 Å². The number of carbonyl (C=O) groups is 3. The fraction of sp³-hybridized carbons (Fsp3) is 0.522. The van der Waals surface area contributed by atoms with Crippen molar-refractivity contribution in [1.82, 2.24) is 10.2 Å². The van der Waals surface area contributed by atoms with Crippen LogP contribution in [0.4, 0.5) is 0 Å². The summed E-state index contributed by atoms with van der Waals surface area (Å²) in [5.41, 5.74) is 2.54. The molecule has 1 fully saturated rings. The third kappa shape index (κ3) is 4.27. The van der Waals surface area contributed by atoms with Crippen LogP contribution in [-0.2, 0) is 20.6 Å². The molecule has 2 aliphatic heterocycles. The fourth-order valence-corrected chi connectivity index (χ4v) is 5.03. The van der Waals surface area contributed by atoms with Crippen LogP contribution in [0.5, 0.6) is 0 Å². The molecule has 162 valence electrons. The van der Waals surface area contributed by atoms with Crippen molar-refractivity contribution < 1.29 is 18.8 Å². The van der Waals surface area contributed by atoms with Gasteiger partial charge in [-0.05, 0) is 48.2 Å². The summed E-state index contributed by atoms with van der Waals surface area (Å²) in [6, 6.07) is 5.22. The molecule has 0 saturated carbocycles. The Hall–Kier alpha value is -2.25. The molecule has 2 heterocycles. The average molecular weight is 429 g/mol. The Labute approximate surface area is 179 Å². The number of carbonyl (C=O) groups excluding carboxylic acids is 3. The highest BCUT2D eigenvalue weighted by Crippen LogP contribution is 2.41. The Morgan fingerprint density at radius 3 is 2.60 bits per heavy atom. The Morgan fingerprint density at radius 2 is 2.00 bits per heavy atom. The lowest BCUT2D eigenvalue weighted by Crippen LogP contribution is -2.52. The van der Waals surface area contributed by atoms with Crippen molar-refractivity contribution in [3.05, 3.63) is 47.5 Å². The van der Waals surface area contributed by atoms with E-state index < -0.39 is 20.3 Å². The van der Waals surface area contributed by atoms with Crippen molar-refractivity contribution in [2.24, 2.45) is 0 Å². The van der Waals surface area contributed by atoms with Gasteiger partial charge in [0.25, 0.3) is 5.91 Å². The molecule has 2 aliphatic rings. The van der Waals surface area contributed by atoms with E-state index >= 15 is 0 Å². The molecule has 1 saturated heterocycles. The molecular weight excluding hydrogens is 396 g/mol. The molecule has 0 bridgehead atoms. The summed E-state index contributed by atoms with van der Waals surface area (Å²) >= 11 is 0. The molecule has 0 spiro atoms. The lowest BCUT2D eigenvalue weighted by Gasteiger charge is -2.39. The first kappa shape index (κ1) is 22.4. The highest BCUT2D eigenvalue weighted by molar-refractivity contribution is 6.74. The molecule has 0 radical (unpaired) electrons. The van der Waals surface area contributed by atoms with Gasteiger partial charge in [-0.1, -0.05) is 39.0 Å². The lowest BCUT2D eigenvalue weighted by molar-refractivity contribution is -0.136. The first-order valence-corrected chi connectivity index (χ1v) is 13.4. The van der Waals surface area contributed by atoms with Crippen molar-refractivity contribution in [3.63, 3.8) is 0 Å². The van der Waals surface area contributed by atoms with Gasteiger partial charge in [-0.2, -0.15) is 0 Å². The second-order valence-corrected chi connectivity index (χ2v) is 14.5. The van der Waals surface area contributed by atoms with Crippen molar-refractivity contribution in [1.29, 1.82) is 0 Å². The fourth-order valence-electron chi connectivity index (χ4n) is 3.73. The van der Waals surface area contributed by atoms with Gasteiger partial charge >= 0.3 is 0 Å². The zero-order valence-electron chi connectivity index (χ0n) is 18.6. The first-order chi connectivity index (χ1) is 13.9. The molecule has 0 aromatic heterocycles. The zero-order valence-corrected chi connectivity index (χ0v) is 19.6. The largest absolute Gasteiger partial charge is 0.410 e. The van der Waals surface area contributed by atoms with Crippen molar-refractivity contribution in [2.45, 2.75) is 76.9 Å². The van der Waals surface area contributed by atoms with Crippen molar-refractivity contribution in [2.75, 3.05) is 0 Å². The highest BCUT2D eigenvalue weighted by Gasteiger charge is 2.41. The summed E-state index contributed by atoms with van der Waals surface area (Å²) in [5, 5.41) is 2.43. The lowest BCUT2D eigenvalue weighted by atomic mass is 10.0. The molecule has 1 unspecified atom stereocenters. The average Bonchev–Trinajstić information content (AvgIpc) is 2.96. The maximum Gasteiger partial charge on any atom is 0.255 e. The molecule has 30 heavy (non-hydrogen) atoms. The maximum atomic E-state index is 12.9. The van der Waals surface area contributed by atoms with Gasteiger partial charge in [-0.15, -0.1) is 6.58 Å². The van der Waals surface area contributed by atoms with Gasteiger partial charge in [0.2, 0.25) is 11.8 Å². The van der Waals surface area contributed by atoms with E-state index in [9.17, 15) is 14.4 Å². The van der Waals surface area contributed by atoms with E-state index in [2.05, 4.69) is 45.8 Å². The minimum atomic E-state index is -1.99. The van der Waals surface area contributed by atoms with Crippen LogP contribution in [0.2, 0.25) is 18.1 Å². The third-order valence-electron chi connectivity index (χ3n) is 6.54. The van der Waals surface area contributed by atoms with Gasteiger partial charge in [-0.3, -0.25) is 19.7 Å². The quantitative estimate of drug-likeness (QED) is 0.421. The topological polar surface area (TPSA) is 75.7 Å². The van der Waals surface area contributed by atoms with Crippen LogP contribution in [0.25, 0.3) is 0 Å². The Kier molecular flexibility index (Phi) is 6.07. The molecule has 7 heteroatoms. The van der Waals surface area contributed by atoms with Crippen LogP contribution >= 0.6 is 0 Å². The molecule has 3 amide bonds. The number of piperidine rings is 1. The normalized spacial score (nSPS) is 20.8. The van der Waals surface area contributed by atoms with Crippen LogP contribution in [0.3, 0.4) is 0 Å². The first-order valence-electron chi connectivity index (χ1n) is 10.5.